The third-order valence-electron chi connectivity index (χ3n) is 4.50. The van der Waals surface area contributed by atoms with Crippen molar-refractivity contribution in [3.63, 3.8) is 0 Å². The first kappa shape index (κ1) is 17.4. The largest absolute Gasteiger partial charge is 0.464 e. The number of nitrogens with zero attached hydrogens (tertiary/aromatic N) is 5. The highest BCUT2D eigenvalue weighted by atomic mass is 32.1. The lowest BCUT2D eigenvalue weighted by molar-refractivity contribution is 0.462. The molecule has 0 aliphatic carbocycles. The van der Waals surface area contributed by atoms with Gasteiger partial charge < -0.3 is 9.40 Å². The van der Waals surface area contributed by atoms with Crippen LogP contribution in [0.3, 0.4) is 0 Å². The van der Waals surface area contributed by atoms with Gasteiger partial charge in [0.05, 0.1) is 11.6 Å². The summed E-state index contributed by atoms with van der Waals surface area (Å²) < 4.78 is 18.9. The van der Waals surface area contributed by atoms with Gasteiger partial charge in [-0.25, -0.2) is 9.37 Å². The van der Waals surface area contributed by atoms with Crippen LogP contribution in [0.4, 0.5) is 4.39 Å². The maximum Gasteiger partial charge on any atom is 0.260 e. The Kier molecular flexibility index (Phi) is 4.06. The Morgan fingerprint density at radius 2 is 2.17 bits per heavy atom. The smallest absolute Gasteiger partial charge is 0.260 e. The normalized spacial score (nSPS) is 12.5. The molecular weight excluding hydrogens is 395 g/mol. The van der Waals surface area contributed by atoms with Gasteiger partial charge in [-0.1, -0.05) is 12.1 Å². The average Bonchev–Trinajstić information content (AvgIpc) is 3.46. The Labute approximate surface area is 166 Å². The average molecular weight is 408 g/mol. The molecule has 4 aromatic heterocycles. The summed E-state index contributed by atoms with van der Waals surface area (Å²) in [6, 6.07) is 9.04. The molecule has 10 heteroatoms. The van der Waals surface area contributed by atoms with E-state index in [0.29, 0.717) is 32.9 Å². The number of aromatic amines is 1. The number of thiophene rings is 1. The van der Waals surface area contributed by atoms with E-state index in [9.17, 15) is 9.18 Å². The van der Waals surface area contributed by atoms with Crippen molar-refractivity contribution in [2.24, 2.45) is 0 Å². The van der Waals surface area contributed by atoms with E-state index in [1.807, 2.05) is 5.38 Å². The van der Waals surface area contributed by atoms with Crippen molar-refractivity contribution in [2.75, 3.05) is 0 Å². The molecular formula is C19H13FN6O2S. The second-order valence-electron chi connectivity index (χ2n) is 6.38. The molecule has 0 radical (unpaired) electrons. The SMILES string of the molecule is CC(c1nc2scc(-c3ccco3)c2c(=O)[nH]1)n1nnc(-c2cccc(F)c2)n1. The lowest BCUT2D eigenvalue weighted by Gasteiger charge is -2.08. The van der Waals surface area contributed by atoms with Gasteiger partial charge in [0.15, 0.2) is 0 Å². The molecule has 0 aliphatic rings. The molecule has 8 nitrogen and oxygen atoms in total. The fourth-order valence-corrected chi connectivity index (χ4v) is 3.95. The van der Waals surface area contributed by atoms with Crippen molar-refractivity contribution in [1.29, 1.82) is 0 Å². The van der Waals surface area contributed by atoms with Crippen LogP contribution in [0.2, 0.25) is 0 Å². The van der Waals surface area contributed by atoms with Crippen LogP contribution in [0.1, 0.15) is 18.8 Å². The number of benzene rings is 1. The molecule has 1 unspecified atom stereocenters. The summed E-state index contributed by atoms with van der Waals surface area (Å²) in [5, 5.41) is 14.6. The Balaban J connectivity index is 1.52. The van der Waals surface area contributed by atoms with Crippen LogP contribution in [0.15, 0.2) is 57.3 Å². The molecule has 0 aliphatic heterocycles. The molecule has 4 heterocycles. The number of tetrazole rings is 1. The van der Waals surface area contributed by atoms with Gasteiger partial charge in [-0.05, 0) is 36.4 Å². The van der Waals surface area contributed by atoms with E-state index in [4.69, 9.17) is 4.42 Å². The summed E-state index contributed by atoms with van der Waals surface area (Å²) in [5.74, 6) is 0.921. The van der Waals surface area contributed by atoms with Crippen molar-refractivity contribution in [2.45, 2.75) is 13.0 Å². The van der Waals surface area contributed by atoms with Gasteiger partial charge in [-0.15, -0.1) is 21.5 Å². The summed E-state index contributed by atoms with van der Waals surface area (Å²) in [6.45, 7) is 1.79. The maximum absolute atomic E-state index is 13.4. The first-order valence-corrected chi connectivity index (χ1v) is 9.59. The van der Waals surface area contributed by atoms with Crippen molar-refractivity contribution in [1.82, 2.24) is 30.2 Å². The number of hydrogen-bond donors (Lipinski definition) is 1. The third-order valence-corrected chi connectivity index (χ3v) is 5.37. The lowest BCUT2D eigenvalue weighted by atomic mass is 10.2. The Hall–Kier alpha value is -3.66. The lowest BCUT2D eigenvalue weighted by Crippen LogP contribution is -2.19. The molecule has 29 heavy (non-hydrogen) atoms. The summed E-state index contributed by atoms with van der Waals surface area (Å²) in [6.07, 6.45) is 1.56. The van der Waals surface area contributed by atoms with Crippen LogP contribution in [0.5, 0.6) is 0 Å². The van der Waals surface area contributed by atoms with Gasteiger partial charge in [-0.3, -0.25) is 4.79 Å². The van der Waals surface area contributed by atoms with Crippen LogP contribution < -0.4 is 5.56 Å². The maximum atomic E-state index is 13.4. The van der Waals surface area contributed by atoms with Gasteiger partial charge in [0.2, 0.25) is 5.82 Å². The fourth-order valence-electron chi connectivity index (χ4n) is 3.02. The van der Waals surface area contributed by atoms with Crippen LogP contribution in [0.25, 0.3) is 32.9 Å². The molecule has 5 aromatic rings. The standard InChI is InChI=1S/C19H13FN6O2S/c1-10(26-24-17(23-25-26)11-4-2-5-12(20)8-11)16-21-18(27)15-13(9-29-19(15)22-16)14-6-3-7-28-14/h2-10H,1H3,(H,21,22,27). The molecule has 0 bridgehead atoms. The summed E-state index contributed by atoms with van der Waals surface area (Å²) >= 11 is 1.36. The molecule has 1 N–H and O–H groups in total. The van der Waals surface area contributed by atoms with E-state index >= 15 is 0 Å². The predicted molar refractivity (Wildman–Crippen MR) is 105 cm³/mol. The van der Waals surface area contributed by atoms with Gasteiger partial charge in [0, 0.05) is 16.5 Å². The van der Waals surface area contributed by atoms with Crippen LogP contribution in [0, 0.1) is 5.82 Å². The van der Waals surface area contributed by atoms with Crippen molar-refractivity contribution in [3.8, 4) is 22.7 Å². The Morgan fingerprint density at radius 3 is 2.97 bits per heavy atom. The minimum absolute atomic E-state index is 0.269. The van der Waals surface area contributed by atoms with Crippen LogP contribution >= 0.6 is 11.3 Å². The van der Waals surface area contributed by atoms with Crippen molar-refractivity contribution in [3.05, 3.63) is 70.0 Å². The number of rotatable bonds is 4. The van der Waals surface area contributed by atoms with Gasteiger partial charge in [-0.2, -0.15) is 4.80 Å². The number of H-pyrrole nitrogens is 1. The Bertz CT molecular complexity index is 1370. The zero-order chi connectivity index (χ0) is 20.0. The number of furan rings is 1. The monoisotopic (exact) mass is 408 g/mol. The molecule has 0 amide bonds. The topological polar surface area (TPSA) is 102 Å². The predicted octanol–water partition coefficient (Wildman–Crippen LogP) is 3.65. The summed E-state index contributed by atoms with van der Waals surface area (Å²) in [7, 11) is 0. The molecule has 1 atom stereocenters. The number of hydrogen-bond acceptors (Lipinski definition) is 7. The molecule has 5 rings (SSSR count). The fraction of sp³-hybridized carbons (Fsp3) is 0.105. The number of nitrogens with one attached hydrogen (secondary N) is 1. The second kappa shape index (κ2) is 6.74. The molecule has 0 fully saturated rings. The van der Waals surface area contributed by atoms with E-state index in [0.717, 1.165) is 0 Å². The molecule has 1 aromatic carbocycles. The van der Waals surface area contributed by atoms with E-state index in [-0.39, 0.29) is 17.2 Å². The zero-order valence-corrected chi connectivity index (χ0v) is 15.9. The van der Waals surface area contributed by atoms with Gasteiger partial charge in [0.1, 0.15) is 28.3 Å². The molecule has 0 saturated heterocycles. The molecule has 144 valence electrons. The Morgan fingerprint density at radius 1 is 1.28 bits per heavy atom. The number of halogens is 1. The van der Waals surface area contributed by atoms with Gasteiger partial charge >= 0.3 is 0 Å². The highest BCUT2D eigenvalue weighted by Gasteiger charge is 2.20. The van der Waals surface area contributed by atoms with E-state index < -0.39 is 6.04 Å². The molecule has 0 saturated carbocycles. The van der Waals surface area contributed by atoms with Crippen molar-refractivity contribution < 1.29 is 8.81 Å². The molecule has 0 spiro atoms. The quantitative estimate of drug-likeness (QED) is 0.487. The summed E-state index contributed by atoms with van der Waals surface area (Å²) in [4.78, 5) is 22.0. The zero-order valence-electron chi connectivity index (χ0n) is 15.0. The van der Waals surface area contributed by atoms with E-state index in [1.54, 1.807) is 37.5 Å². The van der Waals surface area contributed by atoms with Crippen molar-refractivity contribution >= 4 is 21.6 Å². The minimum Gasteiger partial charge on any atom is -0.464 e. The summed E-state index contributed by atoms with van der Waals surface area (Å²) in [5.41, 5.74) is 0.951. The van der Waals surface area contributed by atoms with Gasteiger partial charge in [0.25, 0.3) is 5.56 Å². The minimum atomic E-state index is -0.476. The highest BCUT2D eigenvalue weighted by molar-refractivity contribution is 7.17. The first-order chi connectivity index (χ1) is 14.1. The first-order valence-electron chi connectivity index (χ1n) is 8.71. The third kappa shape index (κ3) is 3.03. The second-order valence-corrected chi connectivity index (χ2v) is 7.24. The van der Waals surface area contributed by atoms with E-state index in [1.165, 1.54) is 28.3 Å². The van der Waals surface area contributed by atoms with Crippen LogP contribution in [-0.2, 0) is 0 Å². The highest BCUT2D eigenvalue weighted by Crippen LogP contribution is 2.31. The van der Waals surface area contributed by atoms with Crippen LogP contribution in [-0.4, -0.2) is 30.2 Å². The number of fused-ring (bicyclic) bond motifs is 1. The van der Waals surface area contributed by atoms with E-state index in [2.05, 4.69) is 25.4 Å². The number of aromatic nitrogens is 6.